The molecule has 5 atom stereocenters. The van der Waals surface area contributed by atoms with Crippen LogP contribution in [0, 0.1) is 17.3 Å². The second-order valence-corrected chi connectivity index (χ2v) is 9.07. The van der Waals surface area contributed by atoms with Crippen LogP contribution in [0.4, 0.5) is 5.69 Å². The Morgan fingerprint density at radius 3 is 2.61 bits per heavy atom. The second-order valence-electron chi connectivity index (χ2n) is 9.07. The molecular formula is C21H25NO6. The lowest BCUT2D eigenvalue weighted by Crippen LogP contribution is -2.59. The molecule has 4 bridgehead atoms. The molecule has 1 aromatic rings. The number of anilines is 1. The third-order valence-electron chi connectivity index (χ3n) is 6.76. The summed E-state index contributed by atoms with van der Waals surface area (Å²) in [5, 5.41) is 13.6. The summed E-state index contributed by atoms with van der Waals surface area (Å²) in [5.74, 6) is 1.25. The summed E-state index contributed by atoms with van der Waals surface area (Å²) in [7, 11) is 0. The third-order valence-corrected chi connectivity index (χ3v) is 6.76. The van der Waals surface area contributed by atoms with Gasteiger partial charge in [0.15, 0.2) is 17.6 Å². The molecule has 0 spiro atoms. The van der Waals surface area contributed by atoms with E-state index < -0.39 is 23.0 Å². The zero-order chi connectivity index (χ0) is 19.5. The Bertz CT molecular complexity index is 822. The van der Waals surface area contributed by atoms with E-state index in [-0.39, 0.29) is 12.8 Å². The van der Waals surface area contributed by atoms with E-state index in [1.165, 1.54) is 0 Å². The lowest BCUT2D eigenvalue weighted by atomic mass is 9.48. The highest BCUT2D eigenvalue weighted by atomic mass is 16.7. The van der Waals surface area contributed by atoms with Gasteiger partial charge in [0.25, 0.3) is 5.91 Å². The Hall–Kier alpha value is -2.28. The standard InChI is InChI=1S/C21H25NO6/c1-12(18(23)22-15-2-3-16-17(5-15)27-11-26-16)28-19(24)20-6-13-4-14(7-20)9-21(25,8-13)10-20/h2-3,5,12-14,25H,4,6-11H2,1H3,(H,22,23)/t12-,13-,14+,20?,21?/m1/s1. The number of carbonyl (C=O) groups excluding carboxylic acids is 2. The van der Waals surface area contributed by atoms with E-state index in [1.807, 2.05) is 0 Å². The van der Waals surface area contributed by atoms with E-state index in [4.69, 9.17) is 14.2 Å². The van der Waals surface area contributed by atoms with Crippen LogP contribution in [-0.2, 0) is 14.3 Å². The van der Waals surface area contributed by atoms with Crippen molar-refractivity contribution in [2.24, 2.45) is 17.3 Å². The lowest BCUT2D eigenvalue weighted by Gasteiger charge is -2.58. The van der Waals surface area contributed by atoms with E-state index in [0.717, 1.165) is 32.1 Å². The van der Waals surface area contributed by atoms with E-state index in [0.29, 0.717) is 35.4 Å². The molecule has 1 aromatic carbocycles. The van der Waals surface area contributed by atoms with Crippen molar-refractivity contribution in [3.63, 3.8) is 0 Å². The maximum absolute atomic E-state index is 13.0. The first-order chi connectivity index (χ1) is 13.3. The van der Waals surface area contributed by atoms with Gasteiger partial charge in [-0.05, 0) is 69.4 Å². The average molecular weight is 387 g/mol. The Morgan fingerprint density at radius 2 is 1.89 bits per heavy atom. The van der Waals surface area contributed by atoms with Crippen molar-refractivity contribution in [2.45, 2.75) is 57.2 Å². The number of benzene rings is 1. The molecule has 150 valence electrons. The van der Waals surface area contributed by atoms with Crippen LogP contribution >= 0.6 is 0 Å². The molecule has 5 aliphatic rings. The van der Waals surface area contributed by atoms with Gasteiger partial charge < -0.3 is 24.6 Å². The number of rotatable bonds is 4. The predicted molar refractivity (Wildman–Crippen MR) is 98.8 cm³/mol. The van der Waals surface area contributed by atoms with Gasteiger partial charge in [-0.25, -0.2) is 0 Å². The molecule has 0 radical (unpaired) electrons. The van der Waals surface area contributed by atoms with Crippen LogP contribution in [-0.4, -0.2) is 35.5 Å². The van der Waals surface area contributed by atoms with Crippen molar-refractivity contribution in [1.29, 1.82) is 0 Å². The molecule has 1 amide bonds. The fourth-order valence-electron chi connectivity index (χ4n) is 6.01. The highest BCUT2D eigenvalue weighted by molar-refractivity contribution is 5.95. The van der Waals surface area contributed by atoms with E-state index in [2.05, 4.69) is 5.32 Å². The minimum Gasteiger partial charge on any atom is -0.454 e. The van der Waals surface area contributed by atoms with E-state index in [9.17, 15) is 14.7 Å². The number of ether oxygens (including phenoxy) is 3. The molecule has 7 nitrogen and oxygen atoms in total. The van der Waals surface area contributed by atoms with Crippen LogP contribution in [0.3, 0.4) is 0 Å². The number of carbonyl (C=O) groups is 2. The molecule has 4 aliphatic carbocycles. The Morgan fingerprint density at radius 1 is 1.18 bits per heavy atom. The highest BCUT2D eigenvalue weighted by Crippen LogP contribution is 2.62. The minimum absolute atomic E-state index is 0.164. The van der Waals surface area contributed by atoms with Gasteiger partial charge in [0.05, 0.1) is 11.0 Å². The smallest absolute Gasteiger partial charge is 0.312 e. The fourth-order valence-corrected chi connectivity index (χ4v) is 6.01. The van der Waals surface area contributed by atoms with Crippen LogP contribution in [0.1, 0.15) is 45.4 Å². The number of amides is 1. The SMILES string of the molecule is C[C@@H](OC(=O)C12C[C@@H]3C[C@@H](CC(O)(C3)C1)C2)C(=O)Nc1ccc2c(c1)OCO2. The quantitative estimate of drug-likeness (QED) is 0.772. The normalized spacial score (nSPS) is 35.5. The minimum atomic E-state index is -0.916. The lowest BCUT2D eigenvalue weighted by molar-refractivity contribution is -0.199. The van der Waals surface area contributed by atoms with Gasteiger partial charge in [-0.15, -0.1) is 0 Å². The van der Waals surface area contributed by atoms with Crippen molar-refractivity contribution < 1.29 is 28.9 Å². The van der Waals surface area contributed by atoms with Gasteiger partial charge in [-0.2, -0.15) is 0 Å². The van der Waals surface area contributed by atoms with Crippen LogP contribution < -0.4 is 14.8 Å². The molecule has 1 aliphatic heterocycles. The largest absolute Gasteiger partial charge is 0.454 e. The van der Waals surface area contributed by atoms with Gasteiger partial charge in [-0.1, -0.05) is 0 Å². The van der Waals surface area contributed by atoms with Crippen LogP contribution in [0.2, 0.25) is 0 Å². The highest BCUT2D eigenvalue weighted by Gasteiger charge is 2.61. The van der Waals surface area contributed by atoms with Crippen molar-refractivity contribution >= 4 is 17.6 Å². The molecule has 1 heterocycles. The monoisotopic (exact) mass is 387 g/mol. The third kappa shape index (κ3) is 2.92. The van der Waals surface area contributed by atoms with Crippen molar-refractivity contribution in [3.05, 3.63) is 18.2 Å². The zero-order valence-electron chi connectivity index (χ0n) is 15.9. The summed E-state index contributed by atoms with van der Waals surface area (Å²) in [4.78, 5) is 25.5. The van der Waals surface area contributed by atoms with E-state index >= 15 is 0 Å². The van der Waals surface area contributed by atoms with Gasteiger partial charge >= 0.3 is 5.97 Å². The summed E-state index contributed by atoms with van der Waals surface area (Å²) in [6, 6.07) is 5.13. The van der Waals surface area contributed by atoms with Gasteiger partial charge in [-0.3, -0.25) is 9.59 Å². The molecule has 0 saturated heterocycles. The Labute approximate surface area is 163 Å². The number of aliphatic hydroxyl groups is 1. The first-order valence-corrected chi connectivity index (χ1v) is 9.98. The molecule has 28 heavy (non-hydrogen) atoms. The molecule has 4 saturated carbocycles. The second kappa shape index (κ2) is 6.11. The molecular weight excluding hydrogens is 362 g/mol. The number of hydrogen-bond donors (Lipinski definition) is 2. The van der Waals surface area contributed by atoms with Crippen molar-refractivity contribution in [2.75, 3.05) is 12.1 Å². The van der Waals surface area contributed by atoms with Crippen molar-refractivity contribution in [1.82, 2.24) is 0 Å². The van der Waals surface area contributed by atoms with Crippen LogP contribution in [0.15, 0.2) is 18.2 Å². The molecule has 2 unspecified atom stereocenters. The van der Waals surface area contributed by atoms with Crippen LogP contribution in [0.25, 0.3) is 0 Å². The number of esters is 1. The molecule has 0 aromatic heterocycles. The number of hydrogen-bond acceptors (Lipinski definition) is 6. The fraction of sp³-hybridized carbons (Fsp3) is 0.619. The summed E-state index contributed by atoms with van der Waals surface area (Å²) >= 11 is 0. The zero-order valence-corrected chi connectivity index (χ0v) is 15.9. The van der Waals surface area contributed by atoms with Gasteiger partial charge in [0.2, 0.25) is 6.79 Å². The number of nitrogens with one attached hydrogen (secondary N) is 1. The predicted octanol–water partition coefficient (Wildman–Crippen LogP) is 2.62. The summed E-state index contributed by atoms with van der Waals surface area (Å²) in [6.07, 6.45) is 3.75. The van der Waals surface area contributed by atoms with Gasteiger partial charge in [0.1, 0.15) is 0 Å². The average Bonchev–Trinajstić information content (AvgIpc) is 3.07. The molecule has 2 N–H and O–H groups in total. The first-order valence-electron chi connectivity index (χ1n) is 9.98. The topological polar surface area (TPSA) is 94.1 Å². The Kier molecular flexibility index (Phi) is 3.88. The van der Waals surface area contributed by atoms with Crippen molar-refractivity contribution in [3.8, 4) is 11.5 Å². The number of fused-ring (bicyclic) bond motifs is 1. The summed E-state index contributed by atoms with van der Waals surface area (Å²) in [5.41, 5.74) is -0.811. The van der Waals surface area contributed by atoms with Gasteiger partial charge in [0, 0.05) is 11.8 Å². The first kappa shape index (κ1) is 17.8. The van der Waals surface area contributed by atoms with E-state index in [1.54, 1.807) is 25.1 Å². The maximum atomic E-state index is 13.0. The van der Waals surface area contributed by atoms with Crippen LogP contribution in [0.5, 0.6) is 11.5 Å². The summed E-state index contributed by atoms with van der Waals surface area (Å²) < 4.78 is 16.2. The maximum Gasteiger partial charge on any atom is 0.312 e. The molecule has 6 rings (SSSR count). The Balaban J connectivity index is 1.24. The molecule has 4 fully saturated rings. The summed E-state index contributed by atoms with van der Waals surface area (Å²) in [6.45, 7) is 1.74. The molecule has 7 heteroatoms.